The summed E-state index contributed by atoms with van der Waals surface area (Å²) in [6.07, 6.45) is 3.61. The van der Waals surface area contributed by atoms with Crippen molar-refractivity contribution in [2.75, 3.05) is 5.75 Å². The second-order valence-electron chi connectivity index (χ2n) is 7.88. The standard InChI is InChI=1S/C21H20BrFN4O2S/c22-11-3-5-16-13(8-11)21(10-30-20(24)27-21)14-9-12(4-6-17(14)29-16)26-19(28)18-15(23)2-1-7-25-18/h1-3,5,7-8,12,14,17H,4,6,9-10H2,(H2,24,27)(H,26,28)/t12-,14-,17-,21?/m0/s1. The van der Waals surface area contributed by atoms with Gasteiger partial charge in [0, 0.05) is 33.9 Å². The van der Waals surface area contributed by atoms with Gasteiger partial charge >= 0.3 is 0 Å². The molecule has 1 amide bonds. The Morgan fingerprint density at radius 2 is 2.23 bits per heavy atom. The Hall–Kier alpha value is -2.13. The molecular formula is C21H20BrFN4O2S. The van der Waals surface area contributed by atoms with E-state index in [1.165, 1.54) is 18.3 Å². The van der Waals surface area contributed by atoms with E-state index in [-0.39, 0.29) is 23.8 Å². The first kappa shape index (κ1) is 19.8. The van der Waals surface area contributed by atoms with Crippen LogP contribution in [0.3, 0.4) is 0 Å². The van der Waals surface area contributed by atoms with Crippen LogP contribution in [-0.4, -0.2) is 34.0 Å². The van der Waals surface area contributed by atoms with Crippen LogP contribution in [0, 0.1) is 11.7 Å². The molecule has 3 N–H and O–H groups in total. The highest BCUT2D eigenvalue weighted by atomic mass is 79.9. The Kier molecular flexibility index (Phi) is 4.97. The number of aromatic nitrogens is 1. The number of fused-ring (bicyclic) bond motifs is 4. The predicted molar refractivity (Wildman–Crippen MR) is 117 cm³/mol. The Morgan fingerprint density at radius 1 is 1.37 bits per heavy atom. The van der Waals surface area contributed by atoms with Gasteiger partial charge in [0.25, 0.3) is 5.91 Å². The van der Waals surface area contributed by atoms with Crippen LogP contribution in [-0.2, 0) is 5.54 Å². The third kappa shape index (κ3) is 3.28. The maximum Gasteiger partial charge on any atom is 0.273 e. The lowest BCUT2D eigenvalue weighted by Gasteiger charge is -2.48. The minimum atomic E-state index is -0.621. The first-order valence-electron chi connectivity index (χ1n) is 9.82. The van der Waals surface area contributed by atoms with E-state index < -0.39 is 17.3 Å². The number of pyridine rings is 1. The number of thioether (sulfide) groups is 1. The van der Waals surface area contributed by atoms with E-state index in [0.29, 0.717) is 11.6 Å². The number of nitrogens with two attached hydrogens (primary N) is 1. The predicted octanol–water partition coefficient (Wildman–Crippen LogP) is 3.60. The van der Waals surface area contributed by atoms with Crippen LogP contribution in [0.5, 0.6) is 5.75 Å². The van der Waals surface area contributed by atoms with E-state index in [1.54, 1.807) is 11.8 Å². The minimum absolute atomic E-state index is 0.00587. The summed E-state index contributed by atoms with van der Waals surface area (Å²) >= 11 is 5.11. The van der Waals surface area contributed by atoms with Crippen molar-refractivity contribution in [3.05, 3.63) is 58.1 Å². The van der Waals surface area contributed by atoms with Gasteiger partial charge in [-0.15, -0.1) is 0 Å². The van der Waals surface area contributed by atoms with Crippen molar-refractivity contribution in [2.45, 2.75) is 36.9 Å². The summed E-state index contributed by atoms with van der Waals surface area (Å²) in [4.78, 5) is 21.4. The van der Waals surface area contributed by atoms with Crippen LogP contribution in [0.2, 0.25) is 0 Å². The van der Waals surface area contributed by atoms with Crippen LogP contribution in [0.25, 0.3) is 0 Å². The first-order chi connectivity index (χ1) is 14.5. The van der Waals surface area contributed by atoms with E-state index in [4.69, 9.17) is 15.5 Å². The number of carbonyl (C=O) groups excluding carboxylic acids is 1. The molecule has 1 fully saturated rings. The lowest BCUT2D eigenvalue weighted by Crippen LogP contribution is -2.54. The number of halogens is 2. The molecule has 6 nitrogen and oxygen atoms in total. The number of ether oxygens (including phenoxy) is 1. The third-order valence-electron chi connectivity index (χ3n) is 6.15. The topological polar surface area (TPSA) is 89.6 Å². The van der Waals surface area contributed by atoms with E-state index in [1.807, 2.05) is 12.1 Å². The summed E-state index contributed by atoms with van der Waals surface area (Å²) in [5.41, 5.74) is 6.46. The number of aliphatic imine (C=N–C) groups is 1. The quantitative estimate of drug-likeness (QED) is 0.670. The number of amides is 1. The number of amidine groups is 1. The third-order valence-corrected chi connectivity index (χ3v) is 7.61. The molecule has 1 unspecified atom stereocenters. The number of benzene rings is 1. The molecule has 5 rings (SSSR count). The van der Waals surface area contributed by atoms with E-state index in [9.17, 15) is 9.18 Å². The SMILES string of the molecule is NC1=NC2(CS1)c1cc(Br)ccc1O[C@H]1CC[C@H](NC(=O)c3ncccc3F)C[C@@H]12. The Bertz CT molecular complexity index is 1050. The van der Waals surface area contributed by atoms with E-state index in [2.05, 4.69) is 32.3 Å². The highest BCUT2D eigenvalue weighted by molar-refractivity contribution is 9.10. The zero-order valence-corrected chi connectivity index (χ0v) is 18.4. The van der Waals surface area contributed by atoms with Gasteiger partial charge in [-0.2, -0.15) is 0 Å². The average molecular weight is 491 g/mol. The number of hydrogen-bond donors (Lipinski definition) is 2. The van der Waals surface area contributed by atoms with Crippen LogP contribution >= 0.6 is 27.7 Å². The number of rotatable bonds is 2. The van der Waals surface area contributed by atoms with Crippen LogP contribution < -0.4 is 15.8 Å². The second kappa shape index (κ2) is 7.53. The van der Waals surface area contributed by atoms with Gasteiger partial charge in [0.15, 0.2) is 16.7 Å². The molecule has 3 heterocycles. The summed E-state index contributed by atoms with van der Waals surface area (Å²) in [5.74, 6) is 0.526. The fraction of sp³-hybridized carbons (Fsp3) is 0.381. The summed E-state index contributed by atoms with van der Waals surface area (Å²) < 4.78 is 21.3. The van der Waals surface area contributed by atoms with Crippen LogP contribution in [0.15, 0.2) is 46.0 Å². The van der Waals surface area contributed by atoms with Gasteiger partial charge in [0.05, 0.1) is 0 Å². The molecule has 1 aromatic heterocycles. The number of carbonyl (C=O) groups is 1. The highest BCUT2D eigenvalue weighted by Crippen LogP contribution is 2.54. The molecule has 2 aliphatic heterocycles. The molecule has 4 atom stereocenters. The maximum atomic E-state index is 14.0. The number of nitrogens with one attached hydrogen (secondary N) is 1. The number of hydrogen-bond acceptors (Lipinski definition) is 6. The van der Waals surface area contributed by atoms with Gasteiger partial charge in [-0.1, -0.05) is 27.7 Å². The van der Waals surface area contributed by atoms with Crippen molar-refractivity contribution in [3.63, 3.8) is 0 Å². The molecule has 1 spiro atoms. The van der Waals surface area contributed by atoms with Crippen LogP contribution in [0.4, 0.5) is 4.39 Å². The highest BCUT2D eigenvalue weighted by Gasteiger charge is 2.54. The lowest BCUT2D eigenvalue weighted by molar-refractivity contribution is 0.0155. The van der Waals surface area contributed by atoms with Crippen molar-refractivity contribution >= 4 is 38.8 Å². The Morgan fingerprint density at radius 3 is 3.00 bits per heavy atom. The first-order valence-corrected chi connectivity index (χ1v) is 11.6. The molecule has 0 saturated heterocycles. The molecule has 1 saturated carbocycles. The van der Waals surface area contributed by atoms with Gasteiger partial charge in [0.1, 0.15) is 17.4 Å². The van der Waals surface area contributed by atoms with Crippen molar-refractivity contribution in [2.24, 2.45) is 16.6 Å². The molecule has 1 aromatic carbocycles. The van der Waals surface area contributed by atoms with E-state index >= 15 is 0 Å². The van der Waals surface area contributed by atoms with Crippen LogP contribution in [0.1, 0.15) is 35.3 Å². The summed E-state index contributed by atoms with van der Waals surface area (Å²) in [5, 5.41) is 3.54. The lowest BCUT2D eigenvalue weighted by atomic mass is 9.67. The fourth-order valence-corrected chi connectivity index (χ4v) is 6.19. The molecule has 30 heavy (non-hydrogen) atoms. The van der Waals surface area contributed by atoms with E-state index in [0.717, 1.165) is 34.4 Å². The molecule has 0 bridgehead atoms. The van der Waals surface area contributed by atoms with Gasteiger partial charge in [-0.05, 0) is 49.6 Å². The molecule has 1 aliphatic carbocycles. The van der Waals surface area contributed by atoms with Crippen molar-refractivity contribution < 1.29 is 13.9 Å². The molecule has 9 heteroatoms. The molecular weight excluding hydrogens is 471 g/mol. The summed E-state index contributed by atoms with van der Waals surface area (Å²) in [7, 11) is 0. The summed E-state index contributed by atoms with van der Waals surface area (Å²) in [6.45, 7) is 0. The number of nitrogens with zero attached hydrogens (tertiary/aromatic N) is 2. The molecule has 156 valence electrons. The second-order valence-corrected chi connectivity index (χ2v) is 9.79. The zero-order valence-electron chi connectivity index (χ0n) is 16.0. The summed E-state index contributed by atoms with van der Waals surface area (Å²) in [6, 6.07) is 8.59. The normalized spacial score (nSPS) is 29.5. The van der Waals surface area contributed by atoms with Gasteiger partial charge in [-0.25, -0.2) is 14.4 Å². The molecule has 3 aliphatic rings. The van der Waals surface area contributed by atoms with Gasteiger partial charge in [-0.3, -0.25) is 4.79 Å². The minimum Gasteiger partial charge on any atom is -0.490 e. The van der Waals surface area contributed by atoms with Crippen molar-refractivity contribution in [1.82, 2.24) is 10.3 Å². The largest absolute Gasteiger partial charge is 0.490 e. The van der Waals surface area contributed by atoms with Crippen molar-refractivity contribution in [3.8, 4) is 5.75 Å². The molecule has 0 radical (unpaired) electrons. The maximum absolute atomic E-state index is 14.0. The van der Waals surface area contributed by atoms with Gasteiger partial charge < -0.3 is 15.8 Å². The molecule has 2 aromatic rings. The zero-order chi connectivity index (χ0) is 20.9. The Labute approximate surface area is 186 Å². The van der Waals surface area contributed by atoms with Crippen molar-refractivity contribution in [1.29, 1.82) is 0 Å². The van der Waals surface area contributed by atoms with Gasteiger partial charge in [0.2, 0.25) is 0 Å². The monoisotopic (exact) mass is 490 g/mol. The smallest absolute Gasteiger partial charge is 0.273 e. The Balaban J connectivity index is 1.45. The average Bonchev–Trinajstić information content (AvgIpc) is 3.12. The fourth-order valence-electron chi connectivity index (χ4n) is 4.80.